The molecule has 4 rings (SSSR count). The highest BCUT2D eigenvalue weighted by atomic mass is 32.2. The first-order valence-corrected chi connectivity index (χ1v) is 11.4. The number of carbonyl (C=O) groups excluding carboxylic acids is 1. The first-order chi connectivity index (χ1) is 14.7. The Balaban J connectivity index is 1.40. The Kier molecular flexibility index (Phi) is 5.43. The maximum absolute atomic E-state index is 12.9. The SMILES string of the molecule is Cc1cc(C)n(Cn2ccc(C(=O)N3CCN(S(=O)(=O)c4cnn(C)c4C)CC3)n2)n1. The largest absolute Gasteiger partial charge is 0.335 e. The van der Waals surface area contributed by atoms with E-state index in [9.17, 15) is 13.2 Å². The van der Waals surface area contributed by atoms with Crippen molar-refractivity contribution in [2.45, 2.75) is 32.3 Å². The quantitative estimate of drug-likeness (QED) is 0.561. The predicted octanol–water partition coefficient (Wildman–Crippen LogP) is 0.391. The van der Waals surface area contributed by atoms with Crippen molar-refractivity contribution in [2.24, 2.45) is 7.05 Å². The molecule has 31 heavy (non-hydrogen) atoms. The molecule has 0 aromatic carbocycles. The number of aromatic nitrogens is 6. The van der Waals surface area contributed by atoms with Gasteiger partial charge in [0.05, 0.1) is 17.6 Å². The molecule has 1 aliphatic heterocycles. The third-order valence-electron chi connectivity index (χ3n) is 5.58. The van der Waals surface area contributed by atoms with Gasteiger partial charge in [0.1, 0.15) is 17.3 Å². The molecule has 0 saturated carbocycles. The van der Waals surface area contributed by atoms with E-state index in [-0.39, 0.29) is 23.9 Å². The number of sulfonamides is 1. The van der Waals surface area contributed by atoms with Gasteiger partial charge in [-0.15, -0.1) is 0 Å². The highest BCUT2D eigenvalue weighted by Crippen LogP contribution is 2.21. The van der Waals surface area contributed by atoms with Gasteiger partial charge in [0, 0.05) is 45.1 Å². The zero-order valence-corrected chi connectivity index (χ0v) is 18.9. The third-order valence-corrected chi connectivity index (χ3v) is 7.58. The van der Waals surface area contributed by atoms with Crippen molar-refractivity contribution in [3.05, 3.63) is 47.3 Å². The van der Waals surface area contributed by atoms with Gasteiger partial charge in [-0.3, -0.25) is 14.2 Å². The summed E-state index contributed by atoms with van der Waals surface area (Å²) in [5, 5.41) is 12.8. The zero-order chi connectivity index (χ0) is 22.3. The minimum absolute atomic E-state index is 0.206. The number of amides is 1. The summed E-state index contributed by atoms with van der Waals surface area (Å²) < 4.78 is 32.3. The van der Waals surface area contributed by atoms with Crippen LogP contribution in [0.5, 0.6) is 0 Å². The van der Waals surface area contributed by atoms with Crippen molar-refractivity contribution < 1.29 is 13.2 Å². The molecule has 1 saturated heterocycles. The molecule has 11 nitrogen and oxygen atoms in total. The monoisotopic (exact) mass is 446 g/mol. The van der Waals surface area contributed by atoms with Crippen molar-refractivity contribution >= 4 is 15.9 Å². The lowest BCUT2D eigenvalue weighted by molar-refractivity contribution is 0.0691. The standard InChI is InChI=1S/C19H26N8O3S/c1-14-11-15(2)27(21-14)13-25-6-5-17(22-25)19(28)24-7-9-26(10-8-24)31(29,30)18-12-20-23(4)16(18)3/h5-6,11-12H,7-10,13H2,1-4H3. The molecule has 0 N–H and O–H groups in total. The lowest BCUT2D eigenvalue weighted by Gasteiger charge is -2.33. The maximum Gasteiger partial charge on any atom is 0.274 e. The topological polar surface area (TPSA) is 111 Å². The van der Waals surface area contributed by atoms with Crippen molar-refractivity contribution in [3.8, 4) is 0 Å². The van der Waals surface area contributed by atoms with E-state index in [1.807, 2.05) is 24.6 Å². The van der Waals surface area contributed by atoms with Gasteiger partial charge in [-0.2, -0.15) is 19.6 Å². The van der Waals surface area contributed by atoms with E-state index < -0.39 is 10.0 Å². The molecule has 1 amide bonds. The minimum atomic E-state index is -3.64. The molecule has 3 aromatic heterocycles. The van der Waals surface area contributed by atoms with E-state index in [1.165, 1.54) is 15.2 Å². The minimum Gasteiger partial charge on any atom is -0.335 e. The van der Waals surface area contributed by atoms with Crippen molar-refractivity contribution in [1.82, 2.24) is 38.5 Å². The van der Waals surface area contributed by atoms with E-state index in [4.69, 9.17) is 0 Å². The van der Waals surface area contributed by atoms with Crippen LogP contribution in [0.3, 0.4) is 0 Å². The van der Waals surface area contributed by atoms with Gasteiger partial charge >= 0.3 is 0 Å². The predicted molar refractivity (Wildman–Crippen MR) is 112 cm³/mol. The molecule has 0 bridgehead atoms. The molecule has 0 radical (unpaired) electrons. The van der Waals surface area contributed by atoms with Crippen molar-refractivity contribution in [3.63, 3.8) is 0 Å². The summed E-state index contributed by atoms with van der Waals surface area (Å²) >= 11 is 0. The first kappa shape index (κ1) is 21.2. The Labute approximate surface area is 180 Å². The first-order valence-electron chi connectivity index (χ1n) is 9.99. The fourth-order valence-electron chi connectivity index (χ4n) is 3.67. The summed E-state index contributed by atoms with van der Waals surface area (Å²) in [5.41, 5.74) is 2.87. The molecule has 1 fully saturated rings. The molecule has 0 aliphatic carbocycles. The van der Waals surface area contributed by atoms with E-state index in [0.29, 0.717) is 31.1 Å². The van der Waals surface area contributed by atoms with Crippen LogP contribution in [0.25, 0.3) is 0 Å². The molecule has 0 spiro atoms. The van der Waals surface area contributed by atoms with Crippen LogP contribution >= 0.6 is 0 Å². The lowest BCUT2D eigenvalue weighted by Crippen LogP contribution is -2.50. The highest BCUT2D eigenvalue weighted by molar-refractivity contribution is 7.89. The second-order valence-corrected chi connectivity index (χ2v) is 9.63. The molecular formula is C19H26N8O3S. The fraction of sp³-hybridized carbons (Fsp3) is 0.474. The highest BCUT2D eigenvalue weighted by Gasteiger charge is 2.33. The third kappa shape index (κ3) is 4.00. The van der Waals surface area contributed by atoms with Crippen LogP contribution in [0.15, 0.2) is 29.4 Å². The zero-order valence-electron chi connectivity index (χ0n) is 18.1. The van der Waals surface area contributed by atoms with Crippen LogP contribution in [0.2, 0.25) is 0 Å². The fourth-order valence-corrected chi connectivity index (χ4v) is 5.28. The van der Waals surface area contributed by atoms with Gasteiger partial charge in [0.15, 0.2) is 0 Å². The Morgan fingerprint density at radius 1 is 1.10 bits per heavy atom. The molecule has 12 heteroatoms. The van der Waals surface area contributed by atoms with Gasteiger partial charge < -0.3 is 4.90 Å². The average molecular weight is 447 g/mol. The summed E-state index contributed by atoms with van der Waals surface area (Å²) in [6.45, 7) is 7.12. The molecule has 4 heterocycles. The average Bonchev–Trinajstić information content (AvgIpc) is 3.42. The van der Waals surface area contributed by atoms with Crippen LogP contribution in [0, 0.1) is 20.8 Å². The number of nitrogens with zero attached hydrogens (tertiary/aromatic N) is 8. The van der Waals surface area contributed by atoms with E-state index in [0.717, 1.165) is 11.4 Å². The smallest absolute Gasteiger partial charge is 0.274 e. The van der Waals surface area contributed by atoms with Gasteiger partial charge in [-0.1, -0.05) is 0 Å². The van der Waals surface area contributed by atoms with Gasteiger partial charge in [-0.25, -0.2) is 13.1 Å². The van der Waals surface area contributed by atoms with E-state index >= 15 is 0 Å². The summed E-state index contributed by atoms with van der Waals surface area (Å²) in [5.74, 6) is -0.207. The summed E-state index contributed by atoms with van der Waals surface area (Å²) in [6, 6.07) is 3.66. The Hall–Kier alpha value is -2.99. The Morgan fingerprint density at radius 2 is 1.81 bits per heavy atom. The molecule has 0 unspecified atom stereocenters. The second kappa shape index (κ2) is 7.93. The Morgan fingerprint density at radius 3 is 2.39 bits per heavy atom. The second-order valence-electron chi connectivity index (χ2n) is 7.72. The van der Waals surface area contributed by atoms with E-state index in [1.54, 1.807) is 35.8 Å². The summed E-state index contributed by atoms with van der Waals surface area (Å²) in [6.07, 6.45) is 3.12. The summed E-state index contributed by atoms with van der Waals surface area (Å²) in [4.78, 5) is 14.7. The number of hydrogen-bond acceptors (Lipinski definition) is 6. The molecule has 1 aliphatic rings. The van der Waals surface area contributed by atoms with Crippen LogP contribution < -0.4 is 0 Å². The number of piperazine rings is 1. The Bertz CT molecular complexity index is 1210. The normalized spacial score (nSPS) is 15.5. The maximum atomic E-state index is 12.9. The van der Waals surface area contributed by atoms with Crippen LogP contribution in [-0.4, -0.2) is 79.1 Å². The number of aryl methyl sites for hydroxylation is 3. The van der Waals surface area contributed by atoms with Crippen LogP contribution in [0.4, 0.5) is 0 Å². The van der Waals surface area contributed by atoms with E-state index in [2.05, 4.69) is 15.3 Å². The molecule has 0 atom stereocenters. The van der Waals surface area contributed by atoms with Gasteiger partial charge in [0.25, 0.3) is 5.91 Å². The molecule has 166 valence electrons. The van der Waals surface area contributed by atoms with Crippen LogP contribution in [0.1, 0.15) is 27.6 Å². The van der Waals surface area contributed by atoms with Crippen molar-refractivity contribution in [2.75, 3.05) is 26.2 Å². The number of rotatable bonds is 5. The number of hydrogen-bond donors (Lipinski definition) is 0. The lowest BCUT2D eigenvalue weighted by atomic mass is 10.3. The van der Waals surface area contributed by atoms with Crippen LogP contribution in [-0.2, 0) is 23.7 Å². The number of carbonyl (C=O) groups is 1. The van der Waals surface area contributed by atoms with Gasteiger partial charge in [0.2, 0.25) is 10.0 Å². The summed E-state index contributed by atoms with van der Waals surface area (Å²) in [7, 11) is -1.93. The molecular weight excluding hydrogens is 420 g/mol. The van der Waals surface area contributed by atoms with Gasteiger partial charge in [-0.05, 0) is 32.9 Å². The molecule has 3 aromatic rings. The van der Waals surface area contributed by atoms with Crippen molar-refractivity contribution in [1.29, 1.82) is 0 Å².